The van der Waals surface area contributed by atoms with Gasteiger partial charge in [0.05, 0.1) is 5.56 Å². The molecule has 4 nitrogen and oxygen atoms in total. The largest absolute Gasteiger partial charge is 0.416 e. The minimum Gasteiger partial charge on any atom is -0.368 e. The Morgan fingerprint density at radius 2 is 1.08 bits per heavy atom. The molecule has 0 aromatic heterocycles. The molecule has 4 rings (SSSR count). The Morgan fingerprint density at radius 1 is 0.676 bits per heavy atom. The lowest BCUT2D eigenvalue weighted by molar-refractivity contribution is -0.138. The van der Waals surface area contributed by atoms with Crippen LogP contribution in [0.3, 0.4) is 0 Å². The first-order valence-electron chi connectivity index (χ1n) is 11.7. The normalized spacial score (nSPS) is 12.5. The highest BCUT2D eigenvalue weighted by atomic mass is 19.4. The predicted molar refractivity (Wildman–Crippen MR) is 135 cm³/mol. The van der Waals surface area contributed by atoms with Gasteiger partial charge in [0.2, 0.25) is 11.8 Å². The summed E-state index contributed by atoms with van der Waals surface area (Å²) in [5, 5.41) is 2.70. The van der Waals surface area contributed by atoms with E-state index in [-0.39, 0.29) is 5.56 Å². The van der Waals surface area contributed by atoms with E-state index in [0.29, 0.717) is 16.7 Å². The van der Waals surface area contributed by atoms with E-state index >= 15 is 0 Å². The summed E-state index contributed by atoms with van der Waals surface area (Å²) < 4.78 is 40.8. The molecule has 0 aliphatic rings. The molecular formula is C30H25F3N2O2. The number of carbonyl (C=O) groups is 2. The van der Waals surface area contributed by atoms with Gasteiger partial charge in [0, 0.05) is 6.42 Å². The molecule has 0 saturated heterocycles. The number of carbonyl (C=O) groups excluding carboxylic acids is 2. The number of primary amides is 1. The molecule has 3 N–H and O–H groups in total. The summed E-state index contributed by atoms with van der Waals surface area (Å²) in [6.07, 6.45) is -5.03. The van der Waals surface area contributed by atoms with Gasteiger partial charge in [-0.15, -0.1) is 0 Å². The van der Waals surface area contributed by atoms with E-state index in [4.69, 9.17) is 5.73 Å². The predicted octanol–water partition coefficient (Wildman–Crippen LogP) is 5.25. The number of rotatable bonds is 8. The molecule has 0 heterocycles. The molecule has 0 unspecified atom stereocenters. The van der Waals surface area contributed by atoms with Crippen molar-refractivity contribution in [2.24, 2.45) is 5.73 Å². The highest BCUT2D eigenvalue weighted by molar-refractivity contribution is 5.98. The van der Waals surface area contributed by atoms with Crippen molar-refractivity contribution in [3.63, 3.8) is 0 Å². The van der Waals surface area contributed by atoms with Gasteiger partial charge < -0.3 is 11.1 Å². The lowest BCUT2D eigenvalue weighted by Crippen LogP contribution is -2.54. The van der Waals surface area contributed by atoms with Gasteiger partial charge in [-0.25, -0.2) is 0 Å². The number of nitrogens with one attached hydrogen (secondary N) is 1. The smallest absolute Gasteiger partial charge is 0.368 e. The van der Waals surface area contributed by atoms with E-state index in [1.165, 1.54) is 18.2 Å². The van der Waals surface area contributed by atoms with Crippen LogP contribution < -0.4 is 11.1 Å². The minimum absolute atomic E-state index is 0.135. The second-order valence-electron chi connectivity index (χ2n) is 8.64. The molecule has 0 saturated carbocycles. The standard InChI is InChI=1S/C30H25F3N2O2/c31-30(32,33)25-19-11-10-12-21(25)20-26(27(34)36)35-28(37)29(22-13-4-1-5-14-22,23-15-6-2-7-16-23)24-17-8-3-9-18-24/h1-19,26H,20H2,(H2,34,36)(H,35,37)/t26-/m0/s1. The van der Waals surface area contributed by atoms with Crippen molar-refractivity contribution in [2.45, 2.75) is 24.1 Å². The molecule has 1 atom stereocenters. The number of amides is 2. The average Bonchev–Trinajstić information content (AvgIpc) is 2.90. The number of benzene rings is 4. The Balaban J connectivity index is 1.84. The van der Waals surface area contributed by atoms with E-state index in [2.05, 4.69) is 5.32 Å². The Kier molecular flexibility index (Phi) is 7.43. The van der Waals surface area contributed by atoms with Crippen LogP contribution in [0.25, 0.3) is 0 Å². The summed E-state index contributed by atoms with van der Waals surface area (Å²) in [6, 6.07) is 30.7. The van der Waals surface area contributed by atoms with Crippen LogP contribution in [-0.2, 0) is 27.6 Å². The molecule has 0 radical (unpaired) electrons. The van der Waals surface area contributed by atoms with E-state index < -0.39 is 41.4 Å². The van der Waals surface area contributed by atoms with Crippen LogP contribution in [0.1, 0.15) is 27.8 Å². The first-order chi connectivity index (χ1) is 17.7. The van der Waals surface area contributed by atoms with E-state index in [1.54, 1.807) is 72.8 Å². The Hall–Kier alpha value is -4.39. The van der Waals surface area contributed by atoms with Crippen molar-refractivity contribution in [2.75, 3.05) is 0 Å². The summed E-state index contributed by atoms with van der Waals surface area (Å²) in [4.78, 5) is 26.8. The molecule has 4 aromatic carbocycles. The molecule has 2 amide bonds. The van der Waals surface area contributed by atoms with Gasteiger partial charge in [0.15, 0.2) is 0 Å². The maximum atomic E-state index is 14.3. The van der Waals surface area contributed by atoms with Gasteiger partial charge in [-0.05, 0) is 28.3 Å². The lowest BCUT2D eigenvalue weighted by atomic mass is 9.68. The summed E-state index contributed by atoms with van der Waals surface area (Å²) in [5.41, 5.74) is 5.09. The lowest BCUT2D eigenvalue weighted by Gasteiger charge is -2.35. The van der Waals surface area contributed by atoms with Gasteiger partial charge in [-0.2, -0.15) is 13.2 Å². The molecule has 7 heteroatoms. The molecule has 4 aromatic rings. The third-order valence-electron chi connectivity index (χ3n) is 6.36. The van der Waals surface area contributed by atoms with Crippen molar-refractivity contribution in [3.05, 3.63) is 143 Å². The number of alkyl halides is 3. The number of nitrogens with two attached hydrogens (primary N) is 1. The fourth-order valence-corrected chi connectivity index (χ4v) is 4.64. The van der Waals surface area contributed by atoms with Crippen molar-refractivity contribution < 1.29 is 22.8 Å². The maximum Gasteiger partial charge on any atom is 0.416 e. The van der Waals surface area contributed by atoms with Crippen molar-refractivity contribution in [1.82, 2.24) is 5.32 Å². The summed E-state index contributed by atoms with van der Waals surface area (Å²) in [6.45, 7) is 0. The second-order valence-corrected chi connectivity index (χ2v) is 8.64. The molecule has 37 heavy (non-hydrogen) atoms. The van der Waals surface area contributed by atoms with E-state index in [0.717, 1.165) is 6.07 Å². The van der Waals surface area contributed by atoms with Gasteiger partial charge >= 0.3 is 6.18 Å². The summed E-state index contributed by atoms with van der Waals surface area (Å²) >= 11 is 0. The summed E-state index contributed by atoms with van der Waals surface area (Å²) in [7, 11) is 0. The van der Waals surface area contributed by atoms with Gasteiger partial charge in [0.1, 0.15) is 11.5 Å². The van der Waals surface area contributed by atoms with Crippen LogP contribution in [-0.4, -0.2) is 17.9 Å². The molecule has 0 aliphatic carbocycles. The topological polar surface area (TPSA) is 72.2 Å². The zero-order chi connectivity index (χ0) is 26.5. The second kappa shape index (κ2) is 10.7. The van der Waals surface area contributed by atoms with Gasteiger partial charge in [-0.3, -0.25) is 9.59 Å². The zero-order valence-corrected chi connectivity index (χ0v) is 19.8. The minimum atomic E-state index is -4.62. The van der Waals surface area contributed by atoms with Gasteiger partial charge in [0.25, 0.3) is 0 Å². The first-order valence-corrected chi connectivity index (χ1v) is 11.7. The average molecular weight is 503 g/mol. The van der Waals surface area contributed by atoms with Crippen molar-refractivity contribution in [1.29, 1.82) is 0 Å². The fourth-order valence-electron chi connectivity index (χ4n) is 4.64. The SMILES string of the molecule is NC(=O)[C@H](Cc1ccccc1C(F)(F)F)NC(=O)C(c1ccccc1)(c1ccccc1)c1ccccc1. The van der Waals surface area contributed by atoms with Crippen LogP contribution in [0.2, 0.25) is 0 Å². The van der Waals surface area contributed by atoms with Gasteiger partial charge in [-0.1, -0.05) is 109 Å². The monoisotopic (exact) mass is 502 g/mol. The number of halogens is 3. The van der Waals surface area contributed by atoms with Crippen molar-refractivity contribution >= 4 is 11.8 Å². The van der Waals surface area contributed by atoms with Crippen LogP contribution >= 0.6 is 0 Å². The molecule has 0 aliphatic heterocycles. The first kappa shape index (κ1) is 25.7. The van der Waals surface area contributed by atoms with E-state index in [1.807, 2.05) is 18.2 Å². The Morgan fingerprint density at radius 3 is 1.49 bits per heavy atom. The quantitative estimate of drug-likeness (QED) is 0.323. The van der Waals surface area contributed by atoms with Crippen molar-refractivity contribution in [3.8, 4) is 0 Å². The van der Waals surface area contributed by atoms with Crippen LogP contribution in [0, 0.1) is 0 Å². The molecule has 188 valence electrons. The molecule has 0 spiro atoms. The fraction of sp³-hybridized carbons (Fsp3) is 0.133. The molecule has 0 bridgehead atoms. The Labute approximate surface area is 213 Å². The van der Waals surface area contributed by atoms with E-state index in [9.17, 15) is 22.8 Å². The summed E-state index contributed by atoms with van der Waals surface area (Å²) in [5.74, 6) is -1.52. The number of hydrogen-bond donors (Lipinski definition) is 2. The molecular weight excluding hydrogens is 477 g/mol. The third kappa shape index (κ3) is 5.26. The van der Waals surface area contributed by atoms with Crippen LogP contribution in [0.15, 0.2) is 115 Å². The number of hydrogen-bond acceptors (Lipinski definition) is 2. The maximum absolute atomic E-state index is 14.3. The highest BCUT2D eigenvalue weighted by Crippen LogP contribution is 2.40. The van der Waals surface area contributed by atoms with Crippen LogP contribution in [0.5, 0.6) is 0 Å². The highest BCUT2D eigenvalue weighted by Gasteiger charge is 2.45. The molecule has 0 fully saturated rings. The zero-order valence-electron chi connectivity index (χ0n) is 19.8. The third-order valence-corrected chi connectivity index (χ3v) is 6.36. The Bertz CT molecular complexity index is 1260. The van der Waals surface area contributed by atoms with Crippen LogP contribution in [0.4, 0.5) is 13.2 Å².